The summed E-state index contributed by atoms with van der Waals surface area (Å²) in [6.45, 7) is 1.56. The van der Waals surface area contributed by atoms with Gasteiger partial charge in [0.25, 0.3) is 0 Å². The van der Waals surface area contributed by atoms with Crippen molar-refractivity contribution in [3.8, 4) is 0 Å². The van der Waals surface area contributed by atoms with Crippen LogP contribution in [0.4, 0.5) is 16.2 Å². The molecule has 0 spiro atoms. The van der Waals surface area contributed by atoms with Crippen LogP contribution in [0.2, 0.25) is 0 Å². The summed E-state index contributed by atoms with van der Waals surface area (Å²) in [6.07, 6.45) is 5.28. The first kappa shape index (κ1) is 14.9. The fourth-order valence-electron chi connectivity index (χ4n) is 3.26. The van der Waals surface area contributed by atoms with Crippen molar-refractivity contribution < 1.29 is 9.59 Å². The fraction of sp³-hybridized carbons (Fsp3) is 0.529. The average Bonchev–Trinajstić information content (AvgIpc) is 3.05. The number of carbonyl (C=O) groups is 2. The van der Waals surface area contributed by atoms with Crippen LogP contribution >= 0.6 is 0 Å². The van der Waals surface area contributed by atoms with Crippen LogP contribution in [-0.4, -0.2) is 37.0 Å². The summed E-state index contributed by atoms with van der Waals surface area (Å²) < 4.78 is 0. The maximum absolute atomic E-state index is 12.1. The molecule has 0 unspecified atom stereocenters. The molecule has 2 fully saturated rings. The summed E-state index contributed by atoms with van der Waals surface area (Å²) in [5, 5.41) is 2.98. The van der Waals surface area contributed by atoms with Gasteiger partial charge in [-0.2, -0.15) is 0 Å². The Morgan fingerprint density at radius 1 is 1.09 bits per heavy atom. The Bertz CT molecular complexity index is 550. The zero-order valence-electron chi connectivity index (χ0n) is 13.0. The zero-order chi connectivity index (χ0) is 15.5. The molecular formula is C17H23N3O2. The number of rotatable bonds is 3. The molecule has 1 heterocycles. The van der Waals surface area contributed by atoms with Gasteiger partial charge in [-0.25, -0.2) is 4.79 Å². The summed E-state index contributed by atoms with van der Waals surface area (Å²) in [5.41, 5.74) is 1.69. The maximum atomic E-state index is 12.1. The topological polar surface area (TPSA) is 52.6 Å². The lowest BCUT2D eigenvalue weighted by atomic mass is 10.1. The van der Waals surface area contributed by atoms with E-state index < -0.39 is 0 Å². The highest BCUT2D eigenvalue weighted by Gasteiger charge is 2.24. The zero-order valence-corrected chi connectivity index (χ0v) is 13.0. The van der Waals surface area contributed by atoms with Gasteiger partial charge in [0.1, 0.15) is 0 Å². The highest BCUT2D eigenvalue weighted by molar-refractivity contribution is 5.94. The van der Waals surface area contributed by atoms with Crippen LogP contribution < -0.4 is 10.2 Å². The molecule has 0 aromatic heterocycles. The highest BCUT2D eigenvalue weighted by Crippen LogP contribution is 2.27. The number of urea groups is 1. The number of hydrogen-bond acceptors (Lipinski definition) is 2. The lowest BCUT2D eigenvalue weighted by Gasteiger charge is -2.33. The quantitative estimate of drug-likeness (QED) is 0.933. The van der Waals surface area contributed by atoms with E-state index in [-0.39, 0.29) is 17.9 Å². The van der Waals surface area contributed by atoms with Crippen molar-refractivity contribution in [2.45, 2.75) is 32.1 Å². The Balaban J connectivity index is 1.64. The van der Waals surface area contributed by atoms with Gasteiger partial charge in [-0.3, -0.25) is 9.69 Å². The summed E-state index contributed by atoms with van der Waals surface area (Å²) in [6, 6.07) is 7.60. The van der Waals surface area contributed by atoms with Crippen molar-refractivity contribution >= 4 is 23.3 Å². The molecular weight excluding hydrogens is 278 g/mol. The van der Waals surface area contributed by atoms with Gasteiger partial charge in [0.15, 0.2) is 0 Å². The molecule has 1 N–H and O–H groups in total. The van der Waals surface area contributed by atoms with Gasteiger partial charge in [-0.15, -0.1) is 0 Å². The molecule has 1 saturated carbocycles. The minimum atomic E-state index is 0.0361. The normalized spacial score (nSPS) is 19.6. The van der Waals surface area contributed by atoms with Gasteiger partial charge in [-0.1, -0.05) is 12.8 Å². The second kappa shape index (κ2) is 6.38. The number of hydrogen-bond donors (Lipinski definition) is 1. The van der Waals surface area contributed by atoms with Gasteiger partial charge >= 0.3 is 6.03 Å². The molecule has 118 valence electrons. The van der Waals surface area contributed by atoms with Crippen LogP contribution in [0.25, 0.3) is 0 Å². The summed E-state index contributed by atoms with van der Waals surface area (Å²) >= 11 is 0. The predicted molar refractivity (Wildman–Crippen MR) is 87.0 cm³/mol. The van der Waals surface area contributed by atoms with E-state index in [1.165, 1.54) is 0 Å². The minimum absolute atomic E-state index is 0.0361. The molecule has 3 rings (SSSR count). The van der Waals surface area contributed by atoms with Gasteiger partial charge in [0, 0.05) is 37.4 Å². The standard InChI is InChI=1S/C17H23N3O2/c1-19-11-4-12-20(17(19)22)15-9-7-14(8-10-15)18-16(21)13-5-2-3-6-13/h7-10,13H,2-6,11-12H2,1H3,(H,18,21). The molecule has 5 heteroatoms. The number of nitrogens with zero attached hydrogens (tertiary/aromatic N) is 2. The Hall–Kier alpha value is -2.04. The number of amides is 3. The molecule has 1 saturated heterocycles. The maximum Gasteiger partial charge on any atom is 0.324 e. The van der Waals surface area contributed by atoms with Crippen LogP contribution in [-0.2, 0) is 4.79 Å². The first-order chi connectivity index (χ1) is 10.6. The smallest absolute Gasteiger partial charge is 0.324 e. The van der Waals surface area contributed by atoms with Crippen molar-refractivity contribution in [2.75, 3.05) is 30.4 Å². The molecule has 2 aliphatic rings. The molecule has 1 aliphatic carbocycles. The summed E-state index contributed by atoms with van der Waals surface area (Å²) in [7, 11) is 1.82. The number of benzene rings is 1. The molecule has 5 nitrogen and oxygen atoms in total. The van der Waals surface area contributed by atoms with E-state index in [0.717, 1.165) is 56.6 Å². The van der Waals surface area contributed by atoms with E-state index in [0.29, 0.717) is 0 Å². The average molecular weight is 301 g/mol. The second-order valence-corrected chi connectivity index (χ2v) is 6.23. The Morgan fingerprint density at radius 2 is 1.77 bits per heavy atom. The van der Waals surface area contributed by atoms with Crippen molar-refractivity contribution in [3.05, 3.63) is 24.3 Å². The molecule has 0 atom stereocenters. The molecule has 1 aromatic rings. The van der Waals surface area contributed by atoms with Gasteiger partial charge in [0.2, 0.25) is 5.91 Å². The summed E-state index contributed by atoms with van der Waals surface area (Å²) in [5.74, 6) is 0.288. The number of nitrogens with one attached hydrogen (secondary N) is 1. The second-order valence-electron chi connectivity index (χ2n) is 6.23. The monoisotopic (exact) mass is 301 g/mol. The predicted octanol–water partition coefficient (Wildman–Crippen LogP) is 3.08. The first-order valence-electron chi connectivity index (χ1n) is 8.09. The van der Waals surface area contributed by atoms with E-state index in [1.54, 1.807) is 9.80 Å². The number of anilines is 2. The van der Waals surface area contributed by atoms with Crippen molar-refractivity contribution in [3.63, 3.8) is 0 Å². The van der Waals surface area contributed by atoms with Gasteiger partial charge in [-0.05, 0) is 43.5 Å². The van der Waals surface area contributed by atoms with Crippen molar-refractivity contribution in [1.29, 1.82) is 0 Å². The molecule has 3 amide bonds. The third-order valence-corrected chi connectivity index (χ3v) is 4.61. The fourth-order valence-corrected chi connectivity index (χ4v) is 3.26. The molecule has 0 radical (unpaired) electrons. The van der Waals surface area contributed by atoms with E-state index in [4.69, 9.17) is 0 Å². The minimum Gasteiger partial charge on any atom is -0.327 e. The van der Waals surface area contributed by atoms with Crippen LogP contribution in [0.3, 0.4) is 0 Å². The van der Waals surface area contributed by atoms with Gasteiger partial charge < -0.3 is 10.2 Å². The van der Waals surface area contributed by atoms with Crippen LogP contribution in [0.5, 0.6) is 0 Å². The van der Waals surface area contributed by atoms with E-state index >= 15 is 0 Å². The summed E-state index contributed by atoms with van der Waals surface area (Å²) in [4.78, 5) is 27.8. The van der Waals surface area contributed by atoms with Crippen LogP contribution in [0.1, 0.15) is 32.1 Å². The highest BCUT2D eigenvalue weighted by atomic mass is 16.2. The molecule has 1 aromatic carbocycles. The lowest BCUT2D eigenvalue weighted by Crippen LogP contribution is -2.47. The van der Waals surface area contributed by atoms with E-state index in [2.05, 4.69) is 5.32 Å². The SMILES string of the molecule is CN1CCCN(c2ccc(NC(=O)C3CCCC3)cc2)C1=O. The molecule has 1 aliphatic heterocycles. The number of carbonyl (C=O) groups excluding carboxylic acids is 2. The Labute approximate surface area is 131 Å². The van der Waals surface area contributed by atoms with E-state index in [1.807, 2.05) is 31.3 Å². The third kappa shape index (κ3) is 3.08. The Kier molecular flexibility index (Phi) is 4.32. The largest absolute Gasteiger partial charge is 0.327 e. The molecule has 0 bridgehead atoms. The van der Waals surface area contributed by atoms with E-state index in [9.17, 15) is 9.59 Å². The van der Waals surface area contributed by atoms with Crippen LogP contribution in [0, 0.1) is 5.92 Å². The first-order valence-corrected chi connectivity index (χ1v) is 8.09. The van der Waals surface area contributed by atoms with Crippen LogP contribution in [0.15, 0.2) is 24.3 Å². The Morgan fingerprint density at radius 3 is 2.45 bits per heavy atom. The third-order valence-electron chi connectivity index (χ3n) is 4.61. The van der Waals surface area contributed by atoms with Crippen molar-refractivity contribution in [1.82, 2.24) is 4.90 Å². The van der Waals surface area contributed by atoms with Crippen molar-refractivity contribution in [2.24, 2.45) is 5.92 Å². The molecule has 22 heavy (non-hydrogen) atoms. The van der Waals surface area contributed by atoms with Gasteiger partial charge in [0.05, 0.1) is 0 Å². The lowest BCUT2D eigenvalue weighted by molar-refractivity contribution is -0.119.